The summed E-state index contributed by atoms with van der Waals surface area (Å²) >= 11 is 1.62. The Bertz CT molecular complexity index is 724. The van der Waals surface area contributed by atoms with Gasteiger partial charge >= 0.3 is 0 Å². The Labute approximate surface area is 125 Å². The second kappa shape index (κ2) is 6.28. The highest BCUT2D eigenvalue weighted by atomic mass is 32.1. The van der Waals surface area contributed by atoms with Gasteiger partial charge in [0, 0.05) is 17.0 Å². The molecule has 0 atom stereocenters. The maximum Gasteiger partial charge on any atom is 0.244 e. The number of rotatable bonds is 5. The van der Waals surface area contributed by atoms with Crippen LogP contribution in [0.5, 0.6) is 0 Å². The van der Waals surface area contributed by atoms with E-state index in [2.05, 4.69) is 5.32 Å². The van der Waals surface area contributed by atoms with Crippen LogP contribution in [0.25, 0.3) is 17.4 Å². The van der Waals surface area contributed by atoms with Gasteiger partial charge < -0.3 is 14.2 Å². The third-order valence-corrected chi connectivity index (χ3v) is 3.53. The number of hydrogen-bond acceptors (Lipinski definition) is 4. The molecule has 0 fully saturated rings. The average Bonchev–Trinajstić information content (AvgIpc) is 3.24. The molecule has 0 saturated heterocycles. The van der Waals surface area contributed by atoms with Crippen molar-refractivity contribution in [3.05, 3.63) is 65.0 Å². The van der Waals surface area contributed by atoms with Crippen LogP contribution in [0, 0.1) is 0 Å². The number of thiophene rings is 1. The molecule has 3 heterocycles. The zero-order valence-electron chi connectivity index (χ0n) is 11.1. The Balaban J connectivity index is 1.54. The zero-order chi connectivity index (χ0) is 14.5. The second-order valence-electron chi connectivity index (χ2n) is 4.34. The highest BCUT2D eigenvalue weighted by molar-refractivity contribution is 7.08. The van der Waals surface area contributed by atoms with E-state index in [1.54, 1.807) is 35.8 Å². The minimum absolute atomic E-state index is 0.195. The Morgan fingerprint density at radius 1 is 1.29 bits per heavy atom. The van der Waals surface area contributed by atoms with Gasteiger partial charge in [-0.05, 0) is 41.8 Å². The summed E-state index contributed by atoms with van der Waals surface area (Å²) in [6, 6.07) is 9.32. The van der Waals surface area contributed by atoms with Crippen molar-refractivity contribution in [2.45, 2.75) is 6.54 Å². The lowest BCUT2D eigenvalue weighted by molar-refractivity contribution is -0.116. The smallest absolute Gasteiger partial charge is 0.244 e. The minimum Gasteiger partial charge on any atom is -0.465 e. The van der Waals surface area contributed by atoms with Crippen molar-refractivity contribution in [1.82, 2.24) is 5.32 Å². The minimum atomic E-state index is -0.195. The lowest BCUT2D eigenvalue weighted by Crippen LogP contribution is -2.19. The number of hydrogen-bond donors (Lipinski definition) is 1. The normalized spacial score (nSPS) is 11.0. The first-order valence-corrected chi connectivity index (χ1v) is 7.36. The third kappa shape index (κ3) is 3.52. The highest BCUT2D eigenvalue weighted by Crippen LogP contribution is 2.24. The summed E-state index contributed by atoms with van der Waals surface area (Å²) in [6.07, 6.45) is 4.61. The molecule has 1 amide bonds. The molecule has 0 aromatic carbocycles. The lowest BCUT2D eigenvalue weighted by atomic mass is 10.3. The van der Waals surface area contributed by atoms with Crippen molar-refractivity contribution in [3.63, 3.8) is 0 Å². The molecule has 5 heteroatoms. The van der Waals surface area contributed by atoms with Crippen molar-refractivity contribution in [2.75, 3.05) is 0 Å². The molecule has 0 spiro atoms. The first kappa shape index (κ1) is 13.5. The van der Waals surface area contributed by atoms with Gasteiger partial charge in [-0.25, -0.2) is 0 Å². The number of amides is 1. The Kier molecular flexibility index (Phi) is 4.02. The monoisotopic (exact) mass is 299 g/mol. The molecule has 3 aromatic rings. The maximum atomic E-state index is 11.7. The van der Waals surface area contributed by atoms with Crippen molar-refractivity contribution >= 4 is 23.3 Å². The summed E-state index contributed by atoms with van der Waals surface area (Å²) < 4.78 is 10.8. The van der Waals surface area contributed by atoms with Gasteiger partial charge in [-0.3, -0.25) is 4.79 Å². The summed E-state index contributed by atoms with van der Waals surface area (Å²) in [4.78, 5) is 11.7. The molecular formula is C16H13NO3S. The van der Waals surface area contributed by atoms with Crippen LogP contribution in [-0.2, 0) is 11.3 Å². The van der Waals surface area contributed by atoms with Gasteiger partial charge in [0.05, 0.1) is 12.8 Å². The van der Waals surface area contributed by atoms with E-state index in [0.717, 1.165) is 17.1 Å². The van der Waals surface area contributed by atoms with Crippen LogP contribution in [0.4, 0.5) is 0 Å². The number of furan rings is 2. The topological polar surface area (TPSA) is 55.4 Å². The zero-order valence-corrected chi connectivity index (χ0v) is 11.9. The van der Waals surface area contributed by atoms with E-state index >= 15 is 0 Å². The van der Waals surface area contributed by atoms with E-state index in [1.807, 2.05) is 29.0 Å². The van der Waals surface area contributed by atoms with Crippen molar-refractivity contribution in [3.8, 4) is 11.3 Å². The van der Waals surface area contributed by atoms with E-state index in [4.69, 9.17) is 8.83 Å². The summed E-state index contributed by atoms with van der Waals surface area (Å²) in [5, 5.41) is 6.78. The first-order chi connectivity index (χ1) is 10.3. The molecule has 106 valence electrons. The van der Waals surface area contributed by atoms with Gasteiger partial charge in [0.15, 0.2) is 0 Å². The summed E-state index contributed by atoms with van der Waals surface area (Å²) in [7, 11) is 0. The fourth-order valence-electron chi connectivity index (χ4n) is 1.81. The molecule has 0 unspecified atom stereocenters. The molecule has 3 aromatic heterocycles. The van der Waals surface area contributed by atoms with Crippen LogP contribution in [-0.4, -0.2) is 5.91 Å². The molecule has 0 saturated carbocycles. The molecule has 3 rings (SSSR count). The Morgan fingerprint density at radius 3 is 3.00 bits per heavy atom. The van der Waals surface area contributed by atoms with Gasteiger partial charge in [0.2, 0.25) is 5.91 Å². The summed E-state index contributed by atoms with van der Waals surface area (Å²) in [5.41, 5.74) is 1.05. The van der Waals surface area contributed by atoms with Gasteiger partial charge in [0.25, 0.3) is 0 Å². The van der Waals surface area contributed by atoms with E-state index in [9.17, 15) is 4.79 Å². The van der Waals surface area contributed by atoms with E-state index in [0.29, 0.717) is 12.3 Å². The maximum absolute atomic E-state index is 11.7. The number of carbonyl (C=O) groups is 1. The van der Waals surface area contributed by atoms with Gasteiger partial charge in [0.1, 0.15) is 17.3 Å². The lowest BCUT2D eigenvalue weighted by Gasteiger charge is -1.98. The van der Waals surface area contributed by atoms with Crippen LogP contribution in [0.15, 0.2) is 62.3 Å². The van der Waals surface area contributed by atoms with Gasteiger partial charge in [-0.15, -0.1) is 0 Å². The molecule has 1 N–H and O–H groups in total. The molecule has 0 aliphatic carbocycles. The van der Waals surface area contributed by atoms with Crippen molar-refractivity contribution < 1.29 is 13.6 Å². The Hall–Kier alpha value is -2.53. The summed E-state index contributed by atoms with van der Waals surface area (Å²) in [5.74, 6) is 1.98. The first-order valence-electron chi connectivity index (χ1n) is 6.42. The molecule has 0 radical (unpaired) electrons. The van der Waals surface area contributed by atoms with Crippen LogP contribution in [0.3, 0.4) is 0 Å². The standard InChI is InChI=1S/C16H13NO3S/c18-16(6-4-13-2-1-8-19-13)17-10-14-3-5-15(20-14)12-7-9-21-11-12/h1-9,11H,10H2,(H,17,18). The van der Waals surface area contributed by atoms with E-state index in [-0.39, 0.29) is 5.91 Å². The van der Waals surface area contributed by atoms with Crippen LogP contribution in [0.2, 0.25) is 0 Å². The van der Waals surface area contributed by atoms with Crippen molar-refractivity contribution in [1.29, 1.82) is 0 Å². The molecule has 0 aliphatic heterocycles. The van der Waals surface area contributed by atoms with E-state index < -0.39 is 0 Å². The molecule has 0 aliphatic rings. The largest absolute Gasteiger partial charge is 0.465 e. The average molecular weight is 299 g/mol. The number of carbonyl (C=O) groups excluding carboxylic acids is 1. The van der Waals surface area contributed by atoms with Gasteiger partial charge in [-0.1, -0.05) is 0 Å². The van der Waals surface area contributed by atoms with E-state index in [1.165, 1.54) is 6.08 Å². The molecule has 0 bridgehead atoms. The fourth-order valence-corrected chi connectivity index (χ4v) is 2.45. The van der Waals surface area contributed by atoms with Crippen LogP contribution < -0.4 is 5.32 Å². The predicted molar refractivity (Wildman–Crippen MR) is 81.6 cm³/mol. The quantitative estimate of drug-likeness (QED) is 0.726. The summed E-state index contributed by atoms with van der Waals surface area (Å²) in [6.45, 7) is 0.353. The van der Waals surface area contributed by atoms with Crippen LogP contribution >= 0.6 is 11.3 Å². The predicted octanol–water partition coefficient (Wildman–Crippen LogP) is 3.93. The van der Waals surface area contributed by atoms with Gasteiger partial charge in [-0.2, -0.15) is 11.3 Å². The highest BCUT2D eigenvalue weighted by Gasteiger charge is 2.05. The molecule has 4 nitrogen and oxygen atoms in total. The van der Waals surface area contributed by atoms with Crippen LogP contribution in [0.1, 0.15) is 11.5 Å². The SMILES string of the molecule is O=C(C=Cc1ccco1)NCc1ccc(-c2ccsc2)o1. The number of nitrogens with one attached hydrogen (secondary N) is 1. The Morgan fingerprint density at radius 2 is 2.24 bits per heavy atom. The second-order valence-corrected chi connectivity index (χ2v) is 5.12. The molecular weight excluding hydrogens is 286 g/mol. The fraction of sp³-hybridized carbons (Fsp3) is 0.0625. The van der Waals surface area contributed by atoms with Crippen molar-refractivity contribution in [2.24, 2.45) is 0 Å². The molecule has 21 heavy (non-hydrogen) atoms. The third-order valence-electron chi connectivity index (χ3n) is 2.85.